The Labute approximate surface area is 287 Å². The maximum atomic E-state index is 11.6. The molecule has 40 heavy (non-hydrogen) atoms. The van der Waals surface area contributed by atoms with E-state index in [2.05, 4.69) is 73.7 Å². The first-order chi connectivity index (χ1) is 17.6. The van der Waals surface area contributed by atoms with E-state index in [0.717, 1.165) is 14.2 Å². The van der Waals surface area contributed by atoms with Gasteiger partial charge in [0.1, 0.15) is 0 Å². The Bertz CT molecular complexity index is 1200. The first kappa shape index (κ1) is 47.0. The van der Waals surface area contributed by atoms with E-state index in [1.165, 1.54) is 12.4 Å². The van der Waals surface area contributed by atoms with E-state index in [0.29, 0.717) is 29.0 Å². The third-order valence-corrected chi connectivity index (χ3v) is 6.93. The van der Waals surface area contributed by atoms with Gasteiger partial charge in [0.25, 0.3) is 0 Å². The van der Waals surface area contributed by atoms with Crippen molar-refractivity contribution in [3.05, 3.63) is 53.3 Å². The quantitative estimate of drug-likeness (QED) is 0.221. The Kier molecular flexibility index (Phi) is 28.8. The Morgan fingerprint density at radius 1 is 0.675 bits per heavy atom. The van der Waals surface area contributed by atoms with Crippen molar-refractivity contribution in [2.24, 2.45) is 9.98 Å². The average Bonchev–Trinajstić information content (AvgIpc) is 2.82. The molecule has 0 aromatic heterocycles. The normalized spacial score (nSPS) is 10.7. The molecule has 0 fully saturated rings. The number of rotatable bonds is 8. The van der Waals surface area contributed by atoms with Crippen molar-refractivity contribution in [2.75, 3.05) is 38.8 Å². The molecule has 2 N–H and O–H groups in total. The average molecular weight is 961 g/mol. The van der Waals surface area contributed by atoms with E-state index < -0.39 is 31.7 Å². The molecule has 0 saturated heterocycles. The monoisotopic (exact) mass is 956 g/mol. The van der Waals surface area contributed by atoms with E-state index in [-0.39, 0.29) is 58.7 Å². The zero-order chi connectivity index (χ0) is 30.1. The number of aliphatic hydroxyl groups is 2. The van der Waals surface area contributed by atoms with Gasteiger partial charge in [0.05, 0.1) is 44.8 Å². The van der Waals surface area contributed by atoms with Crippen LogP contribution in [0.15, 0.2) is 52.1 Å². The molecule has 0 aliphatic carbocycles. The van der Waals surface area contributed by atoms with Crippen LogP contribution in [0.3, 0.4) is 0 Å². The van der Waals surface area contributed by atoms with Gasteiger partial charge in [-0.2, -0.15) is 0 Å². The van der Waals surface area contributed by atoms with Gasteiger partial charge in [0.2, 0.25) is 0 Å². The van der Waals surface area contributed by atoms with Crippen LogP contribution >= 0.6 is 63.7 Å². The number of nitrogens with zero attached hydrogens (tertiary/aromatic N) is 2. The zero-order valence-corrected chi connectivity index (χ0v) is 30.1. The van der Waals surface area contributed by atoms with Crippen molar-refractivity contribution in [3.8, 4) is 11.5 Å². The van der Waals surface area contributed by atoms with Crippen LogP contribution in [0.2, 0.25) is 0 Å². The maximum Gasteiger partial charge on any atom is 2.00 e. The van der Waals surface area contributed by atoms with Crippen LogP contribution in [0.4, 0.5) is 0 Å². The van der Waals surface area contributed by atoms with Gasteiger partial charge in [-0.3, -0.25) is 9.98 Å². The summed E-state index contributed by atoms with van der Waals surface area (Å²) in [5, 5.41) is 37.1. The summed E-state index contributed by atoms with van der Waals surface area (Å²) < 4.78 is 64.0. The third kappa shape index (κ3) is 22.6. The van der Waals surface area contributed by atoms with Crippen LogP contribution in [-0.2, 0) is 54.4 Å². The Balaban J connectivity index is -0.000000276. The summed E-state index contributed by atoms with van der Waals surface area (Å²) in [5.74, 6) is -1.65. The Morgan fingerprint density at radius 3 is 1.20 bits per heavy atom. The molecule has 0 unspecified atom stereocenters. The first-order valence-corrected chi connectivity index (χ1v) is 16.0. The van der Waals surface area contributed by atoms with Gasteiger partial charge in [0, 0.05) is 44.5 Å². The number of hydrogen-bond donors (Lipinski definition) is 2. The third-order valence-electron chi connectivity index (χ3n) is 3.48. The molecule has 234 valence electrons. The summed E-state index contributed by atoms with van der Waals surface area (Å²) in [6, 6.07) is 6.31. The van der Waals surface area contributed by atoms with E-state index >= 15 is 0 Å². The summed E-state index contributed by atoms with van der Waals surface area (Å²) in [6.07, 6.45) is 2.51. The van der Waals surface area contributed by atoms with Crippen LogP contribution in [-0.4, -0.2) is 87.4 Å². The van der Waals surface area contributed by atoms with Gasteiger partial charge in [-0.15, -0.1) is 0 Å². The van der Waals surface area contributed by atoms with Crippen LogP contribution < -0.4 is 10.2 Å². The molecule has 0 aliphatic heterocycles. The molecule has 2 aromatic carbocycles. The van der Waals surface area contributed by atoms with Crippen LogP contribution in [0.25, 0.3) is 0 Å². The van der Waals surface area contributed by atoms with Gasteiger partial charge in [-0.25, -0.2) is 16.8 Å². The minimum Gasteiger partial charge on any atom is -0.871 e. The molecule has 12 nitrogen and oxygen atoms in total. The standard InChI is InChI=1S/2C9H9Br2NO4S.2CH4O.2Cu/c2*10-7-3-6(9(13)8(11)4-7)5-12-1-2-17(14,15)16;2*1-2;;/h2*3-5,13H,1-2H2,(H,14,15,16);2*2H,1H3;;/q;;;;2*+2/p-4. The maximum absolute atomic E-state index is 11.6. The fourth-order valence-corrected chi connectivity index (χ4v) is 5.18. The second kappa shape index (κ2) is 24.5. The minimum atomic E-state index is -4.27. The van der Waals surface area contributed by atoms with Crippen LogP contribution in [0.5, 0.6) is 11.5 Å². The SMILES string of the molecule is CO.CO.O=S(=O)([O-])CCN=Cc1cc(Br)cc(Br)c1[O-].O=S(=O)([O-])CCN=Cc1cc(Br)cc(Br)c1[O-].[Cu+2].[Cu+2]. The molecular formula is C20H22Br4Cu2N2O10S2. The van der Waals surface area contributed by atoms with E-state index in [4.69, 9.17) is 10.2 Å². The number of aliphatic hydroxyl groups excluding tert-OH is 2. The number of aliphatic imine (C=N–C) groups is 2. The number of benzene rings is 2. The zero-order valence-electron chi connectivity index (χ0n) is 20.3. The van der Waals surface area contributed by atoms with Gasteiger partial charge in [-0.1, -0.05) is 75.2 Å². The van der Waals surface area contributed by atoms with Crippen molar-refractivity contribution in [3.63, 3.8) is 0 Å². The first-order valence-electron chi connectivity index (χ1n) is 9.67. The smallest absolute Gasteiger partial charge is 0.871 e. The molecule has 2 radical (unpaired) electrons. The summed E-state index contributed by atoms with van der Waals surface area (Å²) in [6.45, 7) is -0.315. The van der Waals surface area contributed by atoms with Crippen molar-refractivity contribution >= 4 is 96.4 Å². The van der Waals surface area contributed by atoms with Crippen LogP contribution in [0.1, 0.15) is 11.1 Å². The topological polar surface area (TPSA) is 226 Å². The molecule has 0 saturated carbocycles. The second-order valence-corrected chi connectivity index (χ2v) is 12.8. The Hall–Kier alpha value is 0.0790. The van der Waals surface area contributed by atoms with Crippen molar-refractivity contribution < 1.29 is 80.5 Å². The van der Waals surface area contributed by atoms with Crippen molar-refractivity contribution in [1.29, 1.82) is 0 Å². The van der Waals surface area contributed by atoms with Crippen molar-refractivity contribution in [2.45, 2.75) is 0 Å². The summed E-state index contributed by atoms with van der Waals surface area (Å²) >= 11 is 12.6. The van der Waals surface area contributed by atoms with E-state index in [1.807, 2.05) is 0 Å². The van der Waals surface area contributed by atoms with Gasteiger partial charge >= 0.3 is 34.1 Å². The molecule has 0 aliphatic rings. The summed E-state index contributed by atoms with van der Waals surface area (Å²) in [7, 11) is -6.53. The molecule has 20 heteroatoms. The molecule has 2 aromatic rings. The second-order valence-electron chi connectivity index (χ2n) is 6.21. The van der Waals surface area contributed by atoms with Gasteiger partial charge in [-0.05, 0) is 35.4 Å². The predicted octanol–water partition coefficient (Wildman–Crippen LogP) is 1.71. The molecule has 0 heterocycles. The summed E-state index contributed by atoms with van der Waals surface area (Å²) in [4.78, 5) is 7.45. The summed E-state index contributed by atoms with van der Waals surface area (Å²) in [5.41, 5.74) is 0.629. The van der Waals surface area contributed by atoms with E-state index in [9.17, 15) is 36.2 Å². The number of hydrogen-bond acceptors (Lipinski definition) is 12. The molecule has 0 amide bonds. The van der Waals surface area contributed by atoms with Gasteiger partial charge < -0.3 is 29.5 Å². The van der Waals surface area contributed by atoms with E-state index in [1.54, 1.807) is 24.3 Å². The van der Waals surface area contributed by atoms with Crippen molar-refractivity contribution in [1.82, 2.24) is 0 Å². The predicted molar refractivity (Wildman–Crippen MR) is 153 cm³/mol. The Morgan fingerprint density at radius 2 is 0.950 bits per heavy atom. The molecular weight excluding hydrogens is 939 g/mol. The molecule has 0 atom stereocenters. The largest absolute Gasteiger partial charge is 2.00 e. The molecule has 0 bridgehead atoms. The van der Waals surface area contributed by atoms with Crippen LogP contribution in [0, 0.1) is 0 Å². The number of halogens is 4. The van der Waals surface area contributed by atoms with Gasteiger partial charge in [0.15, 0.2) is 0 Å². The minimum absolute atomic E-state index is 0. The fraction of sp³-hybridized carbons (Fsp3) is 0.300. The molecule has 0 spiro atoms. The fourth-order valence-electron chi connectivity index (χ4n) is 2.01. The molecule has 2 rings (SSSR count).